The van der Waals surface area contributed by atoms with Gasteiger partial charge in [0.1, 0.15) is 0 Å². The van der Waals surface area contributed by atoms with Crippen molar-refractivity contribution in [3.05, 3.63) is 42.5 Å². The quantitative estimate of drug-likeness (QED) is 0.732. The summed E-state index contributed by atoms with van der Waals surface area (Å²) < 4.78 is 26.5. The van der Waals surface area contributed by atoms with Crippen LogP contribution in [-0.2, 0) is 10.0 Å². The molecule has 25 heavy (non-hydrogen) atoms. The van der Waals surface area contributed by atoms with Crippen molar-refractivity contribution in [2.24, 2.45) is 17.8 Å². The highest BCUT2D eigenvalue weighted by Gasteiger charge is 2.42. The van der Waals surface area contributed by atoms with Crippen molar-refractivity contribution in [1.29, 1.82) is 0 Å². The van der Waals surface area contributed by atoms with Gasteiger partial charge in [0.2, 0.25) is 10.0 Å². The summed E-state index contributed by atoms with van der Waals surface area (Å²) in [4.78, 5) is 12.6. The van der Waals surface area contributed by atoms with Crippen molar-refractivity contribution in [2.75, 3.05) is 6.54 Å². The van der Waals surface area contributed by atoms with Crippen LogP contribution in [-0.4, -0.2) is 26.9 Å². The van der Waals surface area contributed by atoms with Crippen molar-refractivity contribution < 1.29 is 13.2 Å². The molecule has 2 bridgehead atoms. The van der Waals surface area contributed by atoms with E-state index < -0.39 is 10.0 Å². The maximum Gasteiger partial charge on any atom is 0.251 e. The summed E-state index contributed by atoms with van der Waals surface area (Å²) in [6.45, 7) is 5.75. The molecule has 4 atom stereocenters. The second kappa shape index (κ2) is 7.30. The van der Waals surface area contributed by atoms with Gasteiger partial charge in [0, 0.05) is 18.2 Å². The highest BCUT2D eigenvalue weighted by Crippen LogP contribution is 2.49. The van der Waals surface area contributed by atoms with Crippen LogP contribution < -0.4 is 10.0 Å². The van der Waals surface area contributed by atoms with Crippen LogP contribution >= 0.6 is 0 Å². The lowest BCUT2D eigenvalue weighted by Crippen LogP contribution is -2.40. The number of rotatable bonds is 7. The van der Waals surface area contributed by atoms with Crippen molar-refractivity contribution in [3.8, 4) is 0 Å². The van der Waals surface area contributed by atoms with E-state index >= 15 is 0 Å². The topological polar surface area (TPSA) is 75.3 Å². The largest absolute Gasteiger partial charge is 0.349 e. The van der Waals surface area contributed by atoms with Gasteiger partial charge >= 0.3 is 0 Å². The second-order valence-corrected chi connectivity index (χ2v) is 9.03. The van der Waals surface area contributed by atoms with E-state index in [1.54, 1.807) is 12.1 Å². The number of hydrogen-bond acceptors (Lipinski definition) is 3. The van der Waals surface area contributed by atoms with E-state index in [4.69, 9.17) is 0 Å². The van der Waals surface area contributed by atoms with Gasteiger partial charge in [0.15, 0.2) is 0 Å². The molecule has 2 aliphatic carbocycles. The zero-order valence-electron chi connectivity index (χ0n) is 14.6. The Hall–Kier alpha value is -1.66. The van der Waals surface area contributed by atoms with Crippen molar-refractivity contribution in [3.63, 3.8) is 0 Å². The third kappa shape index (κ3) is 3.96. The van der Waals surface area contributed by atoms with E-state index in [1.165, 1.54) is 43.9 Å². The van der Waals surface area contributed by atoms with Crippen molar-refractivity contribution in [1.82, 2.24) is 10.0 Å². The lowest BCUT2D eigenvalue weighted by molar-refractivity contribution is 0.0915. The minimum Gasteiger partial charge on any atom is -0.349 e. The number of nitrogens with one attached hydrogen (secondary N) is 2. The molecule has 1 aromatic rings. The maximum absolute atomic E-state index is 12.5. The van der Waals surface area contributed by atoms with E-state index in [-0.39, 0.29) is 23.4 Å². The Morgan fingerprint density at radius 2 is 2.00 bits per heavy atom. The van der Waals surface area contributed by atoms with Gasteiger partial charge in [0.25, 0.3) is 5.91 Å². The Labute approximate surface area is 149 Å². The minimum atomic E-state index is -3.56. The van der Waals surface area contributed by atoms with Gasteiger partial charge < -0.3 is 5.32 Å². The SMILES string of the molecule is C=CCNS(=O)(=O)c1ccc(C(=O)NC(C)C2CC3CCC2C3)cc1. The normalized spacial score (nSPS) is 26.4. The number of amides is 1. The molecular formula is C19H26N2O3S. The van der Waals surface area contributed by atoms with E-state index in [0.29, 0.717) is 11.5 Å². The molecule has 2 N–H and O–H groups in total. The van der Waals surface area contributed by atoms with Crippen LogP contribution in [0.2, 0.25) is 0 Å². The summed E-state index contributed by atoms with van der Waals surface area (Å²) in [6, 6.07) is 6.20. The van der Waals surface area contributed by atoms with Crippen molar-refractivity contribution >= 4 is 15.9 Å². The first-order valence-corrected chi connectivity index (χ1v) is 10.4. The Morgan fingerprint density at radius 1 is 1.28 bits per heavy atom. The number of carbonyl (C=O) groups is 1. The van der Waals surface area contributed by atoms with Gasteiger partial charge in [-0.05, 0) is 68.2 Å². The molecule has 4 unspecified atom stereocenters. The number of carbonyl (C=O) groups excluding carboxylic acids is 1. The summed E-state index contributed by atoms with van der Waals surface area (Å²) in [7, 11) is -3.56. The van der Waals surface area contributed by atoms with Crippen LogP contribution in [0.4, 0.5) is 0 Å². The van der Waals surface area contributed by atoms with E-state index in [0.717, 1.165) is 11.8 Å². The van der Waals surface area contributed by atoms with E-state index in [1.807, 2.05) is 0 Å². The fraction of sp³-hybridized carbons (Fsp3) is 0.526. The molecule has 1 aromatic carbocycles. The van der Waals surface area contributed by atoms with Gasteiger partial charge in [-0.3, -0.25) is 4.79 Å². The molecule has 0 aromatic heterocycles. The van der Waals surface area contributed by atoms with Gasteiger partial charge in [-0.25, -0.2) is 13.1 Å². The van der Waals surface area contributed by atoms with Gasteiger partial charge in [-0.15, -0.1) is 6.58 Å². The molecule has 0 saturated heterocycles. The number of sulfonamides is 1. The zero-order chi connectivity index (χ0) is 18.0. The lowest BCUT2D eigenvalue weighted by Gasteiger charge is -2.28. The molecule has 6 heteroatoms. The predicted molar refractivity (Wildman–Crippen MR) is 97.7 cm³/mol. The summed E-state index contributed by atoms with van der Waals surface area (Å²) in [5.74, 6) is 2.04. The zero-order valence-corrected chi connectivity index (χ0v) is 15.4. The van der Waals surface area contributed by atoms with Crippen LogP contribution in [0.15, 0.2) is 41.8 Å². The molecule has 0 aliphatic heterocycles. The fourth-order valence-corrected chi connectivity index (χ4v) is 5.34. The third-order valence-electron chi connectivity index (χ3n) is 5.64. The summed E-state index contributed by atoms with van der Waals surface area (Å²) in [6.07, 6.45) is 6.65. The smallest absolute Gasteiger partial charge is 0.251 e. The summed E-state index contributed by atoms with van der Waals surface area (Å²) in [5.41, 5.74) is 0.484. The van der Waals surface area contributed by atoms with E-state index in [9.17, 15) is 13.2 Å². The van der Waals surface area contributed by atoms with Crippen molar-refractivity contribution in [2.45, 2.75) is 43.5 Å². The molecule has 2 fully saturated rings. The molecule has 136 valence electrons. The summed E-state index contributed by atoms with van der Waals surface area (Å²) in [5, 5.41) is 3.10. The standard InChI is InChI=1S/C19H26N2O3S/c1-3-10-20-25(23,24)17-8-6-15(7-9-17)19(22)21-13(2)18-12-14-4-5-16(18)11-14/h3,6-9,13-14,16,18,20H,1,4-5,10-12H2,2H3,(H,21,22). The van der Waals surface area contributed by atoms with Crippen LogP contribution in [0.5, 0.6) is 0 Å². The molecule has 2 aliphatic rings. The first kappa shape index (κ1) is 18.1. The molecular weight excluding hydrogens is 336 g/mol. The predicted octanol–water partition coefficient (Wildman–Crippen LogP) is 2.71. The Bertz CT molecular complexity index is 742. The van der Waals surface area contributed by atoms with Gasteiger partial charge in [-0.1, -0.05) is 12.5 Å². The Morgan fingerprint density at radius 3 is 2.56 bits per heavy atom. The second-order valence-electron chi connectivity index (χ2n) is 7.27. The monoisotopic (exact) mass is 362 g/mol. The number of benzene rings is 1. The molecule has 5 nitrogen and oxygen atoms in total. The third-order valence-corrected chi connectivity index (χ3v) is 7.08. The lowest BCUT2D eigenvalue weighted by atomic mass is 9.84. The minimum absolute atomic E-state index is 0.140. The number of fused-ring (bicyclic) bond motifs is 2. The Balaban J connectivity index is 1.62. The summed E-state index contributed by atoms with van der Waals surface area (Å²) >= 11 is 0. The average Bonchev–Trinajstić information content (AvgIpc) is 3.23. The van der Waals surface area contributed by atoms with Crippen LogP contribution in [0.1, 0.15) is 43.0 Å². The van der Waals surface area contributed by atoms with Crippen LogP contribution in [0.25, 0.3) is 0 Å². The highest BCUT2D eigenvalue weighted by atomic mass is 32.2. The molecule has 2 saturated carbocycles. The first-order valence-electron chi connectivity index (χ1n) is 8.92. The fourth-order valence-electron chi connectivity index (χ4n) is 4.34. The Kier molecular flexibility index (Phi) is 5.29. The van der Waals surface area contributed by atoms with E-state index in [2.05, 4.69) is 23.5 Å². The molecule has 0 spiro atoms. The molecule has 0 heterocycles. The molecule has 0 radical (unpaired) electrons. The average molecular weight is 362 g/mol. The maximum atomic E-state index is 12.5. The van der Waals surface area contributed by atoms with Crippen LogP contribution in [0.3, 0.4) is 0 Å². The van der Waals surface area contributed by atoms with Gasteiger partial charge in [-0.2, -0.15) is 0 Å². The molecule has 3 rings (SSSR count). The number of hydrogen-bond donors (Lipinski definition) is 2. The molecule has 1 amide bonds. The highest BCUT2D eigenvalue weighted by molar-refractivity contribution is 7.89. The van der Waals surface area contributed by atoms with Gasteiger partial charge in [0.05, 0.1) is 4.90 Å². The first-order chi connectivity index (χ1) is 11.9. The van der Waals surface area contributed by atoms with Crippen LogP contribution in [0, 0.1) is 17.8 Å².